The Balaban J connectivity index is 1.91. The van der Waals surface area contributed by atoms with Crippen molar-refractivity contribution < 1.29 is 4.70 Å². The summed E-state index contributed by atoms with van der Waals surface area (Å²) in [5, 5.41) is 0. The van der Waals surface area contributed by atoms with Gasteiger partial charge in [-0.05, 0) is 74.4 Å². The first-order valence-electron chi connectivity index (χ1n) is 18.1. The summed E-state index contributed by atoms with van der Waals surface area (Å²) in [5.74, 6) is 0. The van der Waals surface area contributed by atoms with Crippen molar-refractivity contribution in [3.05, 3.63) is 87.5 Å². The van der Waals surface area contributed by atoms with Crippen LogP contribution in [0.1, 0.15) is 147 Å². The van der Waals surface area contributed by atoms with E-state index in [1.54, 1.807) is 4.70 Å². The van der Waals surface area contributed by atoms with Crippen molar-refractivity contribution >= 4 is 19.5 Å². The zero-order valence-corrected chi connectivity index (χ0v) is 29.7. The van der Waals surface area contributed by atoms with Gasteiger partial charge in [-0.2, -0.15) is 0 Å². The van der Waals surface area contributed by atoms with E-state index < -0.39 is 8.07 Å². The van der Waals surface area contributed by atoms with Crippen molar-refractivity contribution in [1.82, 2.24) is 0 Å². The van der Waals surface area contributed by atoms with Crippen molar-refractivity contribution in [2.24, 2.45) is 0 Å². The van der Waals surface area contributed by atoms with Gasteiger partial charge in [-0.1, -0.05) is 141 Å². The van der Waals surface area contributed by atoms with Crippen molar-refractivity contribution in [3.63, 3.8) is 0 Å². The van der Waals surface area contributed by atoms with E-state index in [4.69, 9.17) is 0 Å². The Hall–Kier alpha value is -2.26. The Kier molecular flexibility index (Phi) is 15.2. The van der Waals surface area contributed by atoms with Gasteiger partial charge in [-0.3, -0.25) is 0 Å². The molecule has 3 heteroatoms. The second kappa shape index (κ2) is 18.5. The normalized spacial score (nSPS) is 14.0. The van der Waals surface area contributed by atoms with Crippen LogP contribution in [0.25, 0.3) is 16.9 Å². The molecule has 0 atom stereocenters. The monoisotopic (exact) mass is 598 g/mol. The van der Waals surface area contributed by atoms with Gasteiger partial charge in [0.05, 0.1) is 8.07 Å². The molecular weight excluding hydrogens is 537 g/mol. The predicted molar refractivity (Wildman–Crippen MR) is 192 cm³/mol. The highest BCUT2D eigenvalue weighted by atomic mass is 28.3. The van der Waals surface area contributed by atoms with Gasteiger partial charge in [0, 0.05) is 22.3 Å². The molecule has 3 rings (SSSR count). The lowest BCUT2D eigenvalue weighted by Gasteiger charge is -2.28. The van der Waals surface area contributed by atoms with Gasteiger partial charge >= 0.3 is 0 Å². The van der Waals surface area contributed by atoms with E-state index in [0.717, 1.165) is 54.6 Å². The van der Waals surface area contributed by atoms with Crippen LogP contribution in [0, 0.1) is 0 Å². The minimum atomic E-state index is -1.24. The summed E-state index contributed by atoms with van der Waals surface area (Å²) in [5.41, 5.74) is 21.9. The minimum Gasteiger partial charge on any atom is -0.493 e. The van der Waals surface area contributed by atoms with E-state index in [-0.39, 0.29) is 0 Å². The first kappa shape index (κ1) is 35.2. The molecule has 2 aromatic rings. The van der Waals surface area contributed by atoms with Crippen LogP contribution in [0.2, 0.25) is 18.1 Å². The smallest absolute Gasteiger partial charge is 0.211 e. The summed E-state index contributed by atoms with van der Waals surface area (Å²) in [4.78, 5) is 0. The van der Waals surface area contributed by atoms with Crippen LogP contribution in [-0.4, -0.2) is 12.8 Å². The van der Waals surface area contributed by atoms with Gasteiger partial charge in [0.1, 0.15) is 0 Å². The molecule has 0 spiro atoms. The fourth-order valence-electron chi connectivity index (χ4n) is 6.97. The first-order valence-corrected chi connectivity index (χ1v) is 20.9. The summed E-state index contributed by atoms with van der Waals surface area (Å²) in [7, 11) is -1.24. The Morgan fingerprint density at radius 2 is 0.907 bits per heavy atom. The number of unbranched alkanes of at least 4 members (excludes halogenated alkanes) is 8. The standard InChI is InChI=1S/C40H62N2Si/c1-7-13-16-17-18-20-21-33-24-28-35(29-25-33)39-37(22-15-9-3)38(23-19-14-8-2)40(42(39)41)36-30-26-34(27-31-36)32-43(10-4,11-5)12-6/h24-31H,7-23,32H2,1-6H3. The number of nitrogens with zero attached hydrogens (tertiary/aromatic N) is 2. The average molecular weight is 599 g/mol. The summed E-state index contributed by atoms with van der Waals surface area (Å²) in [6.07, 6.45) is 17.1. The van der Waals surface area contributed by atoms with Crippen LogP contribution < -0.4 is 0 Å². The third-order valence-electron chi connectivity index (χ3n) is 10.3. The number of hydrogen-bond donors (Lipinski definition) is 0. The molecule has 43 heavy (non-hydrogen) atoms. The molecule has 2 nitrogen and oxygen atoms in total. The quantitative estimate of drug-likeness (QED) is 0.0776. The van der Waals surface area contributed by atoms with Gasteiger partial charge in [-0.25, -0.2) is 4.70 Å². The lowest BCUT2D eigenvalue weighted by molar-refractivity contribution is -0.345. The van der Waals surface area contributed by atoms with E-state index in [1.807, 2.05) is 0 Å². The molecule has 236 valence electrons. The maximum Gasteiger partial charge on any atom is 0.211 e. The summed E-state index contributed by atoms with van der Waals surface area (Å²) >= 11 is 0. The number of allylic oxidation sites excluding steroid dienone is 2. The van der Waals surface area contributed by atoms with E-state index >= 15 is 0 Å². The molecule has 1 aliphatic heterocycles. The molecule has 0 saturated carbocycles. The molecule has 0 amide bonds. The molecule has 0 aliphatic carbocycles. The van der Waals surface area contributed by atoms with Crippen molar-refractivity contribution in [2.75, 3.05) is 0 Å². The fraction of sp³-hybridized carbons (Fsp3) is 0.600. The van der Waals surface area contributed by atoms with Gasteiger partial charge in [0.15, 0.2) is 0 Å². The minimum absolute atomic E-state index is 1.01. The zero-order chi connectivity index (χ0) is 31.1. The predicted octanol–water partition coefficient (Wildman–Crippen LogP) is 13.1. The SMILES string of the molecule is CCCCCCCCc1ccc(C2=C(CCCC)C(CCCCC)=C(c3ccc(C[Si](CC)(CC)CC)cc3)[N+]2=[N-])cc1. The second-order valence-electron chi connectivity index (χ2n) is 13.2. The third-order valence-corrected chi connectivity index (χ3v) is 15.9. The van der Waals surface area contributed by atoms with Crippen LogP contribution >= 0.6 is 0 Å². The summed E-state index contributed by atoms with van der Waals surface area (Å²) in [6.45, 7) is 14.0. The molecule has 0 aromatic heterocycles. The molecule has 0 fully saturated rings. The summed E-state index contributed by atoms with van der Waals surface area (Å²) in [6, 6.07) is 23.7. The van der Waals surface area contributed by atoms with Gasteiger partial charge in [0.25, 0.3) is 0 Å². The van der Waals surface area contributed by atoms with Crippen LogP contribution in [-0.2, 0) is 12.5 Å². The number of benzene rings is 2. The topological polar surface area (TPSA) is 25.3 Å². The molecule has 0 unspecified atom stereocenters. The largest absolute Gasteiger partial charge is 0.493 e. The van der Waals surface area contributed by atoms with E-state index in [9.17, 15) is 5.53 Å². The van der Waals surface area contributed by atoms with Crippen LogP contribution in [0.15, 0.2) is 59.7 Å². The molecule has 0 N–H and O–H groups in total. The van der Waals surface area contributed by atoms with Gasteiger partial charge in [0.2, 0.25) is 11.4 Å². The van der Waals surface area contributed by atoms with Crippen LogP contribution in [0.4, 0.5) is 0 Å². The van der Waals surface area contributed by atoms with Gasteiger partial charge < -0.3 is 5.53 Å². The van der Waals surface area contributed by atoms with E-state index in [1.165, 1.54) is 104 Å². The van der Waals surface area contributed by atoms with Crippen LogP contribution in [0.5, 0.6) is 0 Å². The Morgan fingerprint density at radius 3 is 1.42 bits per heavy atom. The second-order valence-corrected chi connectivity index (χ2v) is 18.7. The zero-order valence-electron chi connectivity index (χ0n) is 28.7. The van der Waals surface area contributed by atoms with Crippen molar-refractivity contribution in [1.29, 1.82) is 0 Å². The molecule has 0 bridgehead atoms. The van der Waals surface area contributed by atoms with E-state index in [0.29, 0.717) is 0 Å². The Bertz CT molecular complexity index is 1170. The Labute approximate surface area is 266 Å². The van der Waals surface area contributed by atoms with E-state index in [2.05, 4.69) is 90.1 Å². The number of hydrogen-bond acceptors (Lipinski definition) is 0. The fourth-order valence-corrected chi connectivity index (χ4v) is 10.3. The first-order chi connectivity index (χ1) is 21.0. The molecule has 0 saturated heterocycles. The van der Waals surface area contributed by atoms with Crippen molar-refractivity contribution in [2.45, 2.75) is 156 Å². The third kappa shape index (κ3) is 9.61. The number of aryl methyl sites for hydroxylation is 1. The molecule has 1 heterocycles. The lowest BCUT2D eigenvalue weighted by atomic mass is 9.91. The molecule has 2 aromatic carbocycles. The Morgan fingerprint density at radius 1 is 0.488 bits per heavy atom. The molecule has 0 radical (unpaired) electrons. The highest BCUT2D eigenvalue weighted by molar-refractivity contribution is 6.79. The maximum absolute atomic E-state index is 12.0. The van der Waals surface area contributed by atoms with Gasteiger partial charge in [-0.15, -0.1) is 0 Å². The van der Waals surface area contributed by atoms with Crippen LogP contribution in [0.3, 0.4) is 0 Å². The average Bonchev–Trinajstić information content (AvgIpc) is 3.31. The highest BCUT2D eigenvalue weighted by Crippen LogP contribution is 2.44. The maximum atomic E-state index is 12.0. The number of rotatable bonds is 21. The molecular formula is C40H62N2Si. The highest BCUT2D eigenvalue weighted by Gasteiger charge is 2.35. The lowest BCUT2D eigenvalue weighted by Crippen LogP contribution is -2.34. The summed E-state index contributed by atoms with van der Waals surface area (Å²) < 4.78 is 1.56. The van der Waals surface area contributed by atoms with Crippen molar-refractivity contribution in [3.8, 4) is 0 Å². The molecule has 1 aliphatic rings.